The van der Waals surface area contributed by atoms with Gasteiger partial charge in [-0.1, -0.05) is 5.21 Å². The van der Waals surface area contributed by atoms with E-state index in [1.807, 2.05) is 16.8 Å². The molecule has 7 heteroatoms. The molecule has 0 fully saturated rings. The Morgan fingerprint density at radius 3 is 3.04 bits per heavy atom. The highest BCUT2D eigenvalue weighted by Gasteiger charge is 2.24. The summed E-state index contributed by atoms with van der Waals surface area (Å²) >= 11 is 1.72. The Balaban J connectivity index is 1.39. The number of thiophene rings is 1. The van der Waals surface area contributed by atoms with Gasteiger partial charge in [0.05, 0.1) is 24.9 Å². The number of nitrogens with one attached hydrogen (secondary N) is 1. The fourth-order valence-corrected chi connectivity index (χ4v) is 3.36. The number of hydrogen-bond acceptors (Lipinski definition) is 6. The summed E-state index contributed by atoms with van der Waals surface area (Å²) in [7, 11) is 0. The number of aromatic nitrogens is 4. The number of rotatable bonds is 5. The molecule has 0 aromatic carbocycles. The Bertz CT molecular complexity index is 756. The Labute approximate surface area is 138 Å². The van der Waals surface area contributed by atoms with E-state index in [9.17, 15) is 0 Å². The van der Waals surface area contributed by atoms with Crippen LogP contribution in [0.3, 0.4) is 0 Å². The molecule has 0 saturated carbocycles. The van der Waals surface area contributed by atoms with Crippen LogP contribution in [0.2, 0.25) is 0 Å². The van der Waals surface area contributed by atoms with Crippen LogP contribution in [0.5, 0.6) is 0 Å². The second-order valence-corrected chi connectivity index (χ2v) is 6.28. The van der Waals surface area contributed by atoms with E-state index >= 15 is 0 Å². The first-order valence-corrected chi connectivity index (χ1v) is 8.50. The second kappa shape index (κ2) is 6.57. The third-order valence-electron chi connectivity index (χ3n) is 3.90. The van der Waals surface area contributed by atoms with Gasteiger partial charge in [-0.2, -0.15) is 11.3 Å². The van der Waals surface area contributed by atoms with Crippen LogP contribution in [0.15, 0.2) is 41.4 Å². The van der Waals surface area contributed by atoms with E-state index in [0.717, 1.165) is 36.6 Å². The number of pyridine rings is 1. The molecule has 1 N–H and O–H groups in total. The molecule has 0 aliphatic carbocycles. The van der Waals surface area contributed by atoms with E-state index < -0.39 is 0 Å². The van der Waals surface area contributed by atoms with Crippen molar-refractivity contribution in [3.8, 4) is 11.3 Å². The maximum Gasteiger partial charge on any atom is 0.118 e. The van der Waals surface area contributed by atoms with Gasteiger partial charge in [0.15, 0.2) is 0 Å². The van der Waals surface area contributed by atoms with Crippen molar-refractivity contribution in [2.45, 2.75) is 25.8 Å². The maximum atomic E-state index is 5.97. The number of nitrogens with zero attached hydrogens (tertiary/aromatic N) is 4. The highest BCUT2D eigenvalue weighted by molar-refractivity contribution is 7.07. The zero-order chi connectivity index (χ0) is 15.5. The summed E-state index contributed by atoms with van der Waals surface area (Å²) in [5.74, 6) is 0. The summed E-state index contributed by atoms with van der Waals surface area (Å²) in [6.07, 6.45) is 3.65. The monoisotopic (exact) mass is 327 g/mol. The van der Waals surface area contributed by atoms with Gasteiger partial charge in [-0.05, 0) is 34.5 Å². The van der Waals surface area contributed by atoms with E-state index in [4.69, 9.17) is 4.74 Å². The molecule has 1 aliphatic rings. The fraction of sp³-hybridized carbons (Fsp3) is 0.312. The van der Waals surface area contributed by atoms with Crippen LogP contribution in [0.4, 0.5) is 0 Å². The fourth-order valence-electron chi connectivity index (χ4n) is 2.69. The van der Waals surface area contributed by atoms with Crippen LogP contribution in [-0.4, -0.2) is 32.6 Å². The topological polar surface area (TPSA) is 64.9 Å². The molecule has 0 saturated heterocycles. The number of ether oxygens (including phenoxy) is 1. The molecular weight excluding hydrogens is 310 g/mol. The minimum absolute atomic E-state index is 0.119. The Hall–Kier alpha value is -2.09. The quantitative estimate of drug-likeness (QED) is 0.777. The lowest BCUT2D eigenvalue weighted by molar-refractivity contribution is 0.00126. The predicted molar refractivity (Wildman–Crippen MR) is 87.9 cm³/mol. The summed E-state index contributed by atoms with van der Waals surface area (Å²) < 4.78 is 7.92. The second-order valence-electron chi connectivity index (χ2n) is 5.50. The van der Waals surface area contributed by atoms with Crippen molar-refractivity contribution >= 4 is 11.3 Å². The molecule has 1 aliphatic heterocycles. The molecule has 1 unspecified atom stereocenters. The van der Waals surface area contributed by atoms with Crippen LogP contribution < -0.4 is 5.32 Å². The van der Waals surface area contributed by atoms with Crippen molar-refractivity contribution in [2.24, 2.45) is 0 Å². The average Bonchev–Trinajstić information content (AvgIpc) is 3.25. The smallest absolute Gasteiger partial charge is 0.118 e. The molecule has 3 aromatic rings. The summed E-state index contributed by atoms with van der Waals surface area (Å²) in [6.45, 7) is 2.94. The molecule has 4 rings (SSSR count). The van der Waals surface area contributed by atoms with Gasteiger partial charge in [0.25, 0.3) is 0 Å². The Morgan fingerprint density at radius 1 is 1.30 bits per heavy atom. The van der Waals surface area contributed by atoms with Crippen LogP contribution >= 0.6 is 11.3 Å². The van der Waals surface area contributed by atoms with Gasteiger partial charge in [0, 0.05) is 31.0 Å². The van der Waals surface area contributed by atoms with Gasteiger partial charge in [0.1, 0.15) is 5.69 Å². The van der Waals surface area contributed by atoms with Crippen molar-refractivity contribution in [1.29, 1.82) is 0 Å². The molecule has 6 nitrogen and oxygen atoms in total. The van der Waals surface area contributed by atoms with E-state index in [-0.39, 0.29) is 6.10 Å². The van der Waals surface area contributed by atoms with E-state index in [1.54, 1.807) is 23.7 Å². The van der Waals surface area contributed by atoms with Gasteiger partial charge in [0.2, 0.25) is 0 Å². The van der Waals surface area contributed by atoms with Gasteiger partial charge in [-0.15, -0.1) is 5.10 Å². The molecule has 118 valence electrons. The largest absolute Gasteiger partial charge is 0.369 e. The third-order valence-corrected chi connectivity index (χ3v) is 4.64. The first-order chi connectivity index (χ1) is 11.4. The van der Waals surface area contributed by atoms with Crippen LogP contribution in [0.25, 0.3) is 11.3 Å². The van der Waals surface area contributed by atoms with Crippen LogP contribution in [0, 0.1) is 0 Å². The molecule has 3 aromatic heterocycles. The summed E-state index contributed by atoms with van der Waals surface area (Å²) in [5, 5.41) is 16.3. The van der Waals surface area contributed by atoms with Crippen molar-refractivity contribution in [2.75, 3.05) is 6.54 Å². The lowest BCUT2D eigenvalue weighted by Crippen LogP contribution is -2.36. The SMILES string of the molecule is c1cc(-c2nnn3c2COC(CNCc2ccsc2)C3)ccn1. The van der Waals surface area contributed by atoms with Gasteiger partial charge >= 0.3 is 0 Å². The normalized spacial score (nSPS) is 17.1. The van der Waals surface area contributed by atoms with Crippen molar-refractivity contribution in [3.63, 3.8) is 0 Å². The summed E-state index contributed by atoms with van der Waals surface area (Å²) in [5.41, 5.74) is 4.26. The minimum Gasteiger partial charge on any atom is -0.369 e. The van der Waals surface area contributed by atoms with E-state index in [1.165, 1.54) is 5.56 Å². The first kappa shape index (κ1) is 14.5. The first-order valence-electron chi connectivity index (χ1n) is 7.56. The molecule has 0 radical (unpaired) electrons. The third kappa shape index (κ3) is 3.17. The molecule has 0 amide bonds. The molecule has 0 bridgehead atoms. The molecule has 1 atom stereocenters. The van der Waals surface area contributed by atoms with Crippen molar-refractivity contribution in [1.82, 2.24) is 25.3 Å². The van der Waals surface area contributed by atoms with Crippen molar-refractivity contribution < 1.29 is 4.74 Å². The lowest BCUT2D eigenvalue weighted by Gasteiger charge is -2.24. The Morgan fingerprint density at radius 2 is 2.22 bits per heavy atom. The van der Waals surface area contributed by atoms with E-state index in [0.29, 0.717) is 6.61 Å². The Kier molecular flexibility index (Phi) is 4.14. The molecule has 4 heterocycles. The van der Waals surface area contributed by atoms with Gasteiger partial charge in [-0.25, -0.2) is 4.68 Å². The maximum absolute atomic E-state index is 5.97. The molecule has 23 heavy (non-hydrogen) atoms. The van der Waals surface area contributed by atoms with Crippen LogP contribution in [-0.2, 0) is 24.4 Å². The zero-order valence-electron chi connectivity index (χ0n) is 12.6. The number of fused-ring (bicyclic) bond motifs is 1. The average molecular weight is 327 g/mol. The highest BCUT2D eigenvalue weighted by atomic mass is 32.1. The minimum atomic E-state index is 0.119. The predicted octanol–water partition coefficient (Wildman–Crippen LogP) is 2.09. The molecular formula is C16H17N5OS. The van der Waals surface area contributed by atoms with Crippen molar-refractivity contribution in [3.05, 3.63) is 52.6 Å². The highest BCUT2D eigenvalue weighted by Crippen LogP contribution is 2.24. The standard InChI is InChI=1S/C16H17N5OS/c1-4-17-5-2-13(1)16-15-10-22-14(9-21(15)20-19-16)8-18-7-12-3-6-23-11-12/h1-6,11,14,18H,7-10H2. The van der Waals surface area contributed by atoms with Gasteiger partial charge < -0.3 is 10.1 Å². The summed E-state index contributed by atoms with van der Waals surface area (Å²) in [6, 6.07) is 6.02. The molecule has 0 spiro atoms. The van der Waals surface area contributed by atoms with E-state index in [2.05, 4.69) is 37.4 Å². The van der Waals surface area contributed by atoms with Crippen LogP contribution in [0.1, 0.15) is 11.3 Å². The summed E-state index contributed by atoms with van der Waals surface area (Å²) in [4.78, 5) is 4.04. The number of hydrogen-bond donors (Lipinski definition) is 1. The lowest BCUT2D eigenvalue weighted by atomic mass is 10.1. The van der Waals surface area contributed by atoms with Gasteiger partial charge in [-0.3, -0.25) is 4.98 Å². The zero-order valence-corrected chi connectivity index (χ0v) is 13.4.